The first-order chi connectivity index (χ1) is 14.6. The number of rotatable bonds is 7. The zero-order chi connectivity index (χ0) is 20.9. The van der Waals surface area contributed by atoms with Crippen molar-refractivity contribution in [2.75, 3.05) is 19.8 Å². The van der Waals surface area contributed by atoms with Crippen molar-refractivity contribution in [2.45, 2.75) is 12.0 Å². The van der Waals surface area contributed by atoms with Gasteiger partial charge in [-0.3, -0.25) is 0 Å². The molecular weight excluding hydrogens is 385 g/mol. The second kappa shape index (κ2) is 8.97. The molecule has 1 amide bonds. The van der Waals surface area contributed by atoms with Crippen LogP contribution in [0.3, 0.4) is 0 Å². The summed E-state index contributed by atoms with van der Waals surface area (Å²) >= 11 is 0. The van der Waals surface area contributed by atoms with Gasteiger partial charge in [0.2, 0.25) is 0 Å². The van der Waals surface area contributed by atoms with Crippen LogP contribution < -0.4 is 10.1 Å². The summed E-state index contributed by atoms with van der Waals surface area (Å²) in [6.45, 7) is 0.162. The minimum Gasteiger partial charge on any atom is -0.491 e. The second-order valence-corrected chi connectivity index (χ2v) is 7.13. The molecule has 5 nitrogen and oxygen atoms in total. The molecule has 0 heterocycles. The second-order valence-electron chi connectivity index (χ2n) is 7.13. The lowest BCUT2D eigenvalue weighted by molar-refractivity contribution is 0.0974. The molecule has 0 saturated heterocycles. The van der Waals surface area contributed by atoms with Gasteiger partial charge in [0, 0.05) is 5.92 Å². The Morgan fingerprint density at radius 2 is 1.57 bits per heavy atom. The molecule has 1 atom stereocenters. The third-order valence-corrected chi connectivity index (χ3v) is 5.08. The van der Waals surface area contributed by atoms with Crippen molar-refractivity contribution in [1.29, 1.82) is 0 Å². The van der Waals surface area contributed by atoms with Crippen LogP contribution >= 0.6 is 0 Å². The highest BCUT2D eigenvalue weighted by Gasteiger charge is 2.29. The summed E-state index contributed by atoms with van der Waals surface area (Å²) in [7, 11) is 0. The third kappa shape index (κ3) is 4.44. The number of carbonyl (C=O) groups is 1. The van der Waals surface area contributed by atoms with Gasteiger partial charge in [0.25, 0.3) is 0 Å². The van der Waals surface area contributed by atoms with Crippen molar-refractivity contribution in [3.63, 3.8) is 0 Å². The van der Waals surface area contributed by atoms with E-state index in [9.17, 15) is 14.3 Å². The summed E-state index contributed by atoms with van der Waals surface area (Å²) in [6, 6.07) is 21.7. The molecule has 6 heteroatoms. The van der Waals surface area contributed by atoms with E-state index in [1.54, 1.807) is 0 Å². The summed E-state index contributed by atoms with van der Waals surface area (Å²) in [5, 5.41) is 12.5. The van der Waals surface area contributed by atoms with Crippen LogP contribution in [-0.4, -0.2) is 37.1 Å². The van der Waals surface area contributed by atoms with Crippen LogP contribution in [0.15, 0.2) is 72.8 Å². The molecule has 0 saturated carbocycles. The molecule has 4 rings (SSSR count). The molecule has 3 aromatic rings. The van der Waals surface area contributed by atoms with Gasteiger partial charge in [-0.25, -0.2) is 9.18 Å². The van der Waals surface area contributed by atoms with Gasteiger partial charge in [-0.15, -0.1) is 0 Å². The van der Waals surface area contributed by atoms with Gasteiger partial charge in [0.1, 0.15) is 30.9 Å². The van der Waals surface area contributed by atoms with Crippen LogP contribution in [0, 0.1) is 5.82 Å². The Bertz CT molecular complexity index is 976. The predicted octanol–water partition coefficient (Wildman–Crippen LogP) is 4.10. The molecule has 30 heavy (non-hydrogen) atoms. The van der Waals surface area contributed by atoms with Crippen LogP contribution in [0.4, 0.5) is 9.18 Å². The molecule has 2 N–H and O–H groups in total. The first-order valence-corrected chi connectivity index (χ1v) is 9.77. The number of aliphatic hydroxyl groups excluding tert-OH is 1. The maximum Gasteiger partial charge on any atom is 0.407 e. The van der Waals surface area contributed by atoms with Crippen LogP contribution in [0.25, 0.3) is 11.1 Å². The number of aliphatic hydroxyl groups is 1. The third-order valence-electron chi connectivity index (χ3n) is 5.08. The summed E-state index contributed by atoms with van der Waals surface area (Å²) in [6.07, 6.45) is -1.52. The van der Waals surface area contributed by atoms with E-state index >= 15 is 0 Å². The molecule has 0 aliphatic heterocycles. The molecule has 3 aromatic carbocycles. The van der Waals surface area contributed by atoms with Crippen LogP contribution in [0.5, 0.6) is 5.75 Å². The topological polar surface area (TPSA) is 67.8 Å². The number of fused-ring (bicyclic) bond motifs is 3. The number of benzene rings is 3. The minimum atomic E-state index is -0.921. The Morgan fingerprint density at radius 1 is 0.967 bits per heavy atom. The fourth-order valence-corrected chi connectivity index (χ4v) is 3.63. The quantitative estimate of drug-likeness (QED) is 0.619. The van der Waals surface area contributed by atoms with Crippen molar-refractivity contribution in [1.82, 2.24) is 5.32 Å². The Labute approximate surface area is 174 Å². The van der Waals surface area contributed by atoms with Crippen molar-refractivity contribution in [3.05, 3.63) is 89.7 Å². The van der Waals surface area contributed by atoms with Gasteiger partial charge in [-0.2, -0.15) is 0 Å². The number of hydrogen-bond acceptors (Lipinski definition) is 4. The highest BCUT2D eigenvalue weighted by Crippen LogP contribution is 2.44. The van der Waals surface area contributed by atoms with E-state index < -0.39 is 12.2 Å². The SMILES string of the molecule is O=C(NCC(O)COc1ccc(F)cc1)OCC1c2ccccc2-c2ccccc21. The summed E-state index contributed by atoms with van der Waals surface area (Å²) in [5.41, 5.74) is 4.60. The highest BCUT2D eigenvalue weighted by molar-refractivity contribution is 5.79. The molecule has 1 unspecified atom stereocenters. The van der Waals surface area contributed by atoms with E-state index in [0.717, 1.165) is 22.3 Å². The van der Waals surface area contributed by atoms with Gasteiger partial charge in [-0.05, 0) is 46.5 Å². The van der Waals surface area contributed by atoms with Gasteiger partial charge >= 0.3 is 6.09 Å². The van der Waals surface area contributed by atoms with Crippen molar-refractivity contribution in [3.8, 4) is 16.9 Å². The Hall–Kier alpha value is -3.38. The normalized spacial score (nSPS) is 13.3. The van der Waals surface area contributed by atoms with E-state index in [-0.39, 0.29) is 31.5 Å². The molecule has 1 aliphatic rings. The standard InChI is InChI=1S/C24H22FNO4/c25-16-9-11-18(12-10-16)29-14-17(27)13-26-24(28)30-15-23-21-7-3-1-5-19(21)20-6-2-4-8-22(20)23/h1-12,17,23,27H,13-15H2,(H,26,28). The number of hydrogen-bond donors (Lipinski definition) is 2. The van der Waals surface area contributed by atoms with E-state index in [1.807, 2.05) is 24.3 Å². The lowest BCUT2D eigenvalue weighted by Gasteiger charge is -2.16. The molecule has 0 bridgehead atoms. The van der Waals surface area contributed by atoms with E-state index in [4.69, 9.17) is 9.47 Å². The number of amides is 1. The van der Waals surface area contributed by atoms with Crippen molar-refractivity contribution >= 4 is 6.09 Å². The number of alkyl carbamates (subject to hydrolysis) is 1. The van der Waals surface area contributed by atoms with Crippen molar-refractivity contribution < 1.29 is 23.8 Å². The first kappa shape index (κ1) is 19.9. The molecule has 1 aliphatic carbocycles. The van der Waals surface area contributed by atoms with Gasteiger partial charge < -0.3 is 19.9 Å². The van der Waals surface area contributed by atoms with Gasteiger partial charge in [0.15, 0.2) is 0 Å². The summed E-state index contributed by atoms with van der Waals surface area (Å²) < 4.78 is 23.7. The number of carbonyl (C=O) groups excluding carboxylic acids is 1. The number of halogens is 1. The molecule has 0 fully saturated rings. The number of ether oxygens (including phenoxy) is 2. The molecule has 0 aromatic heterocycles. The molecule has 0 radical (unpaired) electrons. The molecule has 0 spiro atoms. The van der Waals surface area contributed by atoms with Gasteiger partial charge in [-0.1, -0.05) is 48.5 Å². The monoisotopic (exact) mass is 407 g/mol. The minimum absolute atomic E-state index is 0.0160. The Kier molecular flexibility index (Phi) is 5.95. The summed E-state index contributed by atoms with van der Waals surface area (Å²) in [4.78, 5) is 12.1. The Morgan fingerprint density at radius 3 is 2.20 bits per heavy atom. The Balaban J connectivity index is 1.26. The van der Waals surface area contributed by atoms with Crippen LogP contribution in [-0.2, 0) is 4.74 Å². The first-order valence-electron chi connectivity index (χ1n) is 9.77. The zero-order valence-electron chi connectivity index (χ0n) is 16.3. The highest BCUT2D eigenvalue weighted by atomic mass is 19.1. The zero-order valence-corrected chi connectivity index (χ0v) is 16.3. The average Bonchev–Trinajstić information content (AvgIpc) is 3.09. The largest absolute Gasteiger partial charge is 0.491 e. The lowest BCUT2D eigenvalue weighted by atomic mass is 9.98. The lowest BCUT2D eigenvalue weighted by Crippen LogP contribution is -2.36. The predicted molar refractivity (Wildman–Crippen MR) is 111 cm³/mol. The van der Waals surface area contributed by atoms with Crippen LogP contribution in [0.1, 0.15) is 17.0 Å². The van der Waals surface area contributed by atoms with E-state index in [1.165, 1.54) is 24.3 Å². The fraction of sp³-hybridized carbons (Fsp3) is 0.208. The van der Waals surface area contributed by atoms with E-state index in [2.05, 4.69) is 29.6 Å². The van der Waals surface area contributed by atoms with Crippen LogP contribution in [0.2, 0.25) is 0 Å². The molecule has 154 valence electrons. The van der Waals surface area contributed by atoms with Gasteiger partial charge in [0.05, 0.1) is 6.54 Å². The number of nitrogens with one attached hydrogen (secondary N) is 1. The van der Waals surface area contributed by atoms with Crippen molar-refractivity contribution in [2.24, 2.45) is 0 Å². The average molecular weight is 407 g/mol. The maximum absolute atomic E-state index is 12.9. The maximum atomic E-state index is 12.9. The smallest absolute Gasteiger partial charge is 0.407 e. The summed E-state index contributed by atoms with van der Waals surface area (Å²) in [5.74, 6) is 0.0614. The molecular formula is C24H22FNO4. The fourth-order valence-electron chi connectivity index (χ4n) is 3.63. The van der Waals surface area contributed by atoms with E-state index in [0.29, 0.717) is 5.75 Å².